The minimum atomic E-state index is 0.197. The van der Waals surface area contributed by atoms with Crippen molar-refractivity contribution in [3.63, 3.8) is 0 Å². The molecule has 1 aliphatic heterocycles. The van der Waals surface area contributed by atoms with Gasteiger partial charge in [0.1, 0.15) is 0 Å². The van der Waals surface area contributed by atoms with Crippen molar-refractivity contribution >= 4 is 11.5 Å². The summed E-state index contributed by atoms with van der Waals surface area (Å²) < 4.78 is 1.80. The van der Waals surface area contributed by atoms with Crippen molar-refractivity contribution in [2.75, 3.05) is 19.6 Å². The second kappa shape index (κ2) is 9.93. The largest absolute Gasteiger partial charge is 0.382 e. The maximum absolute atomic E-state index is 6.88. The number of nitrogens with zero attached hydrogens (tertiary/aromatic N) is 6. The number of fused-ring (bicyclic) bond motifs is 1. The van der Waals surface area contributed by atoms with Gasteiger partial charge in [-0.15, -0.1) is 5.10 Å². The second-order valence-corrected chi connectivity index (χ2v) is 8.68. The van der Waals surface area contributed by atoms with Crippen LogP contribution in [0.1, 0.15) is 30.4 Å². The average molecular weight is 453 g/mol. The molecule has 4 aromatic rings. The van der Waals surface area contributed by atoms with Crippen molar-refractivity contribution in [1.82, 2.24) is 19.5 Å². The molecule has 5 rings (SSSR count). The highest BCUT2D eigenvalue weighted by atomic mass is 15.3. The van der Waals surface area contributed by atoms with Crippen LogP contribution in [0.15, 0.2) is 77.4 Å². The molecule has 0 bridgehead atoms. The number of piperidine rings is 1. The van der Waals surface area contributed by atoms with E-state index in [4.69, 9.17) is 16.2 Å². The number of nitrogens with two attached hydrogens (primary N) is 1. The molecule has 172 valence electrons. The molecule has 0 spiro atoms. The van der Waals surface area contributed by atoms with E-state index < -0.39 is 0 Å². The Balaban J connectivity index is 1.34. The lowest BCUT2D eigenvalue weighted by Crippen LogP contribution is -2.31. The lowest BCUT2D eigenvalue weighted by molar-refractivity contribution is 0.231. The molecule has 1 aliphatic rings. The summed E-state index contributed by atoms with van der Waals surface area (Å²) in [6.07, 6.45) is 10.8. The first kappa shape index (κ1) is 21.9. The summed E-state index contributed by atoms with van der Waals surface area (Å²) in [4.78, 5) is 7.28. The van der Waals surface area contributed by atoms with Gasteiger partial charge in [-0.05, 0) is 55.1 Å². The highest BCUT2D eigenvalue weighted by Gasteiger charge is 2.12. The number of benzene rings is 2. The van der Waals surface area contributed by atoms with Crippen molar-refractivity contribution in [1.29, 1.82) is 5.53 Å². The van der Waals surface area contributed by atoms with E-state index in [2.05, 4.69) is 44.6 Å². The molecule has 0 atom stereocenters. The zero-order valence-electron chi connectivity index (χ0n) is 19.1. The maximum Gasteiger partial charge on any atom is 0.162 e. The molecule has 0 unspecified atom stereocenters. The quantitative estimate of drug-likeness (QED) is 0.183. The van der Waals surface area contributed by atoms with Crippen molar-refractivity contribution in [2.45, 2.75) is 25.7 Å². The Bertz CT molecular complexity index is 1320. The van der Waals surface area contributed by atoms with Gasteiger partial charge in [-0.25, -0.2) is 9.50 Å². The molecule has 0 saturated carbocycles. The van der Waals surface area contributed by atoms with Crippen LogP contribution in [0.2, 0.25) is 0 Å². The van der Waals surface area contributed by atoms with Crippen LogP contribution >= 0.6 is 0 Å². The first-order valence-corrected chi connectivity index (χ1v) is 11.7. The summed E-state index contributed by atoms with van der Waals surface area (Å²) in [7, 11) is 0. The predicted molar refractivity (Wildman–Crippen MR) is 134 cm³/mol. The van der Waals surface area contributed by atoms with Crippen LogP contribution in [0.5, 0.6) is 0 Å². The summed E-state index contributed by atoms with van der Waals surface area (Å²) in [5.41, 5.74) is 19.6. The Kier molecular flexibility index (Phi) is 6.40. The van der Waals surface area contributed by atoms with Gasteiger partial charge in [0.25, 0.3) is 0 Å². The Hall–Kier alpha value is -3.91. The van der Waals surface area contributed by atoms with E-state index in [-0.39, 0.29) is 5.84 Å². The number of hydrogen-bond donors (Lipinski definition) is 2. The van der Waals surface area contributed by atoms with Crippen molar-refractivity contribution < 1.29 is 0 Å². The van der Waals surface area contributed by atoms with Crippen LogP contribution < -0.4 is 5.73 Å². The van der Waals surface area contributed by atoms with Gasteiger partial charge in [0, 0.05) is 35.6 Å². The Morgan fingerprint density at radius 1 is 0.971 bits per heavy atom. The van der Waals surface area contributed by atoms with Crippen LogP contribution in [0.25, 0.3) is 27.9 Å². The van der Waals surface area contributed by atoms with Crippen LogP contribution in [0.3, 0.4) is 0 Å². The van der Waals surface area contributed by atoms with E-state index in [1.807, 2.05) is 36.7 Å². The van der Waals surface area contributed by atoms with Crippen molar-refractivity contribution in [3.8, 4) is 22.3 Å². The SMILES string of the molecule is N=NN=C(N)c1cccc(-c2cnn3cc(-c4ccc(CCN5CCCCC5)cc4)cnc23)c1. The molecule has 0 amide bonds. The molecule has 1 fully saturated rings. The number of nitrogens with one attached hydrogen (secondary N) is 1. The number of aromatic nitrogens is 3. The van der Waals surface area contributed by atoms with E-state index in [1.165, 1.54) is 37.9 Å². The topological polar surface area (TPSA) is 108 Å². The lowest BCUT2D eigenvalue weighted by atomic mass is 10.0. The molecular formula is C26H28N8. The molecule has 34 heavy (non-hydrogen) atoms. The van der Waals surface area contributed by atoms with Crippen LogP contribution in [-0.2, 0) is 6.42 Å². The molecule has 0 radical (unpaired) electrons. The summed E-state index contributed by atoms with van der Waals surface area (Å²) >= 11 is 0. The van der Waals surface area contributed by atoms with Crippen molar-refractivity contribution in [3.05, 3.63) is 78.2 Å². The number of hydrogen-bond acceptors (Lipinski definition) is 5. The Morgan fingerprint density at radius 2 is 1.79 bits per heavy atom. The first-order chi connectivity index (χ1) is 16.7. The van der Waals surface area contributed by atoms with Gasteiger partial charge in [0.15, 0.2) is 11.5 Å². The summed E-state index contributed by atoms with van der Waals surface area (Å²) in [5.74, 6) is 0.197. The van der Waals surface area contributed by atoms with Gasteiger partial charge < -0.3 is 10.6 Å². The van der Waals surface area contributed by atoms with E-state index in [1.54, 1.807) is 10.7 Å². The molecular weight excluding hydrogens is 424 g/mol. The number of amidine groups is 1. The fourth-order valence-corrected chi connectivity index (χ4v) is 4.52. The van der Waals surface area contributed by atoms with Gasteiger partial charge in [0.2, 0.25) is 0 Å². The van der Waals surface area contributed by atoms with Gasteiger partial charge in [0.05, 0.1) is 6.20 Å². The molecule has 2 aromatic heterocycles. The maximum atomic E-state index is 6.88. The minimum absolute atomic E-state index is 0.197. The van der Waals surface area contributed by atoms with Crippen LogP contribution in [0.4, 0.5) is 0 Å². The third-order valence-electron chi connectivity index (χ3n) is 6.44. The average Bonchev–Trinajstić information content (AvgIpc) is 3.32. The number of rotatable bonds is 7. The third kappa shape index (κ3) is 4.72. The lowest BCUT2D eigenvalue weighted by Gasteiger charge is -2.26. The fourth-order valence-electron chi connectivity index (χ4n) is 4.52. The molecule has 0 aliphatic carbocycles. The van der Waals surface area contributed by atoms with Gasteiger partial charge in [-0.2, -0.15) is 10.6 Å². The second-order valence-electron chi connectivity index (χ2n) is 8.68. The van der Waals surface area contributed by atoms with E-state index in [0.29, 0.717) is 5.56 Å². The highest BCUT2D eigenvalue weighted by molar-refractivity contribution is 5.98. The van der Waals surface area contributed by atoms with E-state index >= 15 is 0 Å². The molecule has 8 nitrogen and oxygen atoms in total. The molecule has 2 aromatic carbocycles. The smallest absolute Gasteiger partial charge is 0.162 e. The first-order valence-electron chi connectivity index (χ1n) is 11.7. The summed E-state index contributed by atoms with van der Waals surface area (Å²) in [6.45, 7) is 3.61. The normalized spacial score (nSPS) is 15.0. The Morgan fingerprint density at radius 3 is 2.59 bits per heavy atom. The van der Waals surface area contributed by atoms with E-state index in [9.17, 15) is 0 Å². The van der Waals surface area contributed by atoms with Gasteiger partial charge in [-0.3, -0.25) is 0 Å². The summed E-state index contributed by atoms with van der Waals surface area (Å²) in [5, 5.41) is 11.2. The monoisotopic (exact) mass is 452 g/mol. The third-order valence-corrected chi connectivity index (χ3v) is 6.44. The van der Waals surface area contributed by atoms with Crippen LogP contribution in [-0.4, -0.2) is 45.0 Å². The van der Waals surface area contributed by atoms with Gasteiger partial charge >= 0.3 is 0 Å². The van der Waals surface area contributed by atoms with Crippen LogP contribution in [0, 0.1) is 5.53 Å². The molecule has 3 N–H and O–H groups in total. The minimum Gasteiger partial charge on any atom is -0.382 e. The molecule has 3 heterocycles. The standard InChI is InChI=1S/C26H28N8/c27-25(31-32-28)22-6-4-5-21(15-22)24-17-30-34-18-23(16-29-26(24)34)20-9-7-19(8-10-20)11-14-33-12-2-1-3-13-33/h4-10,15-18H,1-3,11-14H2,(H3,27,28,31). The zero-order valence-corrected chi connectivity index (χ0v) is 19.1. The van der Waals surface area contributed by atoms with Gasteiger partial charge in [-0.1, -0.05) is 54.1 Å². The zero-order chi connectivity index (χ0) is 23.3. The number of likely N-dealkylation sites (tertiary alicyclic amines) is 1. The molecule has 1 saturated heterocycles. The highest BCUT2D eigenvalue weighted by Crippen LogP contribution is 2.26. The van der Waals surface area contributed by atoms with E-state index in [0.717, 1.165) is 40.9 Å². The fraction of sp³-hybridized carbons (Fsp3) is 0.269. The molecule has 8 heteroatoms. The predicted octanol–water partition coefficient (Wildman–Crippen LogP) is 4.74. The Labute approximate surface area is 198 Å². The van der Waals surface area contributed by atoms with Crippen molar-refractivity contribution in [2.24, 2.45) is 16.1 Å². The summed E-state index contributed by atoms with van der Waals surface area (Å²) in [6, 6.07) is 16.4.